The van der Waals surface area contributed by atoms with Crippen molar-refractivity contribution in [1.82, 2.24) is 5.32 Å². The number of amides is 1. The lowest BCUT2D eigenvalue weighted by molar-refractivity contribution is 0.0933. The maximum absolute atomic E-state index is 11.8. The van der Waals surface area contributed by atoms with E-state index in [0.29, 0.717) is 16.9 Å². The molecule has 0 aliphatic rings. The molecule has 5 heteroatoms. The highest BCUT2D eigenvalue weighted by molar-refractivity contribution is 7.12. The van der Waals surface area contributed by atoms with Gasteiger partial charge < -0.3 is 10.4 Å². The number of hydrogen-bond acceptors (Lipinski definition) is 4. The number of nitriles is 1. The predicted octanol–water partition coefficient (Wildman–Crippen LogP) is 1.51. The summed E-state index contributed by atoms with van der Waals surface area (Å²) in [5.74, 6) is -0.230. The summed E-state index contributed by atoms with van der Waals surface area (Å²) in [6.07, 6.45) is 1.30. The van der Waals surface area contributed by atoms with Gasteiger partial charge in [0.05, 0.1) is 5.56 Å². The van der Waals surface area contributed by atoms with Crippen LogP contribution in [-0.4, -0.2) is 23.7 Å². The fraction of sp³-hybridized carbons (Fsp3) is 0.455. The van der Waals surface area contributed by atoms with E-state index >= 15 is 0 Å². The number of rotatable bonds is 5. The molecule has 0 saturated carbocycles. The van der Waals surface area contributed by atoms with Gasteiger partial charge in [-0.25, -0.2) is 0 Å². The van der Waals surface area contributed by atoms with Crippen molar-refractivity contribution in [3.63, 3.8) is 0 Å². The molecule has 1 heterocycles. The molecule has 16 heavy (non-hydrogen) atoms. The summed E-state index contributed by atoms with van der Waals surface area (Å²) in [5, 5.41) is 22.1. The van der Waals surface area contributed by atoms with Gasteiger partial charge in [-0.1, -0.05) is 6.92 Å². The number of aliphatic hydroxyl groups excluding tert-OH is 1. The van der Waals surface area contributed by atoms with Crippen molar-refractivity contribution in [3.8, 4) is 6.07 Å². The number of carbonyl (C=O) groups excluding carboxylic acids is 1. The lowest BCUT2D eigenvalue weighted by Gasteiger charge is -2.14. The van der Waals surface area contributed by atoms with Crippen molar-refractivity contribution in [1.29, 1.82) is 5.26 Å². The fourth-order valence-corrected chi connectivity index (χ4v) is 2.11. The molecule has 86 valence electrons. The number of hydrogen-bond donors (Lipinski definition) is 2. The second-order valence-corrected chi connectivity index (χ2v) is 4.28. The maximum Gasteiger partial charge on any atom is 0.262 e. The van der Waals surface area contributed by atoms with Gasteiger partial charge in [0, 0.05) is 12.6 Å². The first-order valence-corrected chi connectivity index (χ1v) is 6.00. The van der Waals surface area contributed by atoms with Crippen molar-refractivity contribution in [3.05, 3.63) is 21.9 Å². The summed E-state index contributed by atoms with van der Waals surface area (Å²) in [5.41, 5.74) is 0.404. The van der Waals surface area contributed by atoms with Crippen LogP contribution in [0.1, 0.15) is 35.0 Å². The largest absolute Gasteiger partial charge is 0.396 e. The maximum atomic E-state index is 11.8. The number of nitrogens with one attached hydrogen (secondary N) is 1. The first-order chi connectivity index (χ1) is 7.72. The minimum absolute atomic E-state index is 0.0360. The SMILES string of the molecule is CCC(CCO)NC(=O)c1sccc1C#N. The third-order valence-corrected chi connectivity index (χ3v) is 3.21. The predicted molar refractivity (Wildman–Crippen MR) is 62.3 cm³/mol. The quantitative estimate of drug-likeness (QED) is 0.816. The number of nitrogens with zero attached hydrogens (tertiary/aromatic N) is 1. The summed E-state index contributed by atoms with van der Waals surface area (Å²) in [6, 6.07) is 3.58. The number of carbonyl (C=O) groups is 1. The summed E-state index contributed by atoms with van der Waals surface area (Å²) < 4.78 is 0. The average Bonchev–Trinajstić information content (AvgIpc) is 2.76. The second kappa shape index (κ2) is 6.26. The normalized spacial score (nSPS) is 11.8. The Bertz CT molecular complexity index is 395. The van der Waals surface area contributed by atoms with Crippen molar-refractivity contribution >= 4 is 17.2 Å². The molecule has 0 aliphatic heterocycles. The Kier molecular flexibility index (Phi) is 4.96. The molecule has 0 aliphatic carbocycles. The van der Waals surface area contributed by atoms with Gasteiger partial charge in [0.1, 0.15) is 10.9 Å². The Labute approximate surface area is 98.5 Å². The Balaban J connectivity index is 2.68. The first-order valence-electron chi connectivity index (χ1n) is 5.12. The molecule has 2 N–H and O–H groups in total. The third kappa shape index (κ3) is 3.05. The van der Waals surface area contributed by atoms with Crippen LogP contribution in [0.3, 0.4) is 0 Å². The van der Waals surface area contributed by atoms with Crippen molar-refractivity contribution in [2.24, 2.45) is 0 Å². The van der Waals surface area contributed by atoms with E-state index in [1.54, 1.807) is 11.4 Å². The third-order valence-electron chi connectivity index (χ3n) is 2.30. The van der Waals surface area contributed by atoms with Gasteiger partial charge in [0.25, 0.3) is 5.91 Å². The van der Waals surface area contributed by atoms with E-state index in [2.05, 4.69) is 5.32 Å². The molecular weight excluding hydrogens is 224 g/mol. The van der Waals surface area contributed by atoms with Gasteiger partial charge in [0.2, 0.25) is 0 Å². The van der Waals surface area contributed by atoms with Crippen LogP contribution in [0, 0.1) is 11.3 Å². The molecule has 0 saturated heterocycles. The van der Waals surface area contributed by atoms with Crippen LogP contribution in [0.15, 0.2) is 11.4 Å². The van der Waals surface area contributed by atoms with Gasteiger partial charge in [-0.15, -0.1) is 11.3 Å². The van der Waals surface area contributed by atoms with Crippen LogP contribution in [-0.2, 0) is 0 Å². The van der Waals surface area contributed by atoms with Crippen LogP contribution in [0.2, 0.25) is 0 Å². The van der Waals surface area contributed by atoms with Gasteiger partial charge in [-0.3, -0.25) is 4.79 Å². The minimum atomic E-state index is -0.230. The molecule has 1 amide bonds. The van der Waals surface area contributed by atoms with E-state index in [4.69, 9.17) is 10.4 Å². The Morgan fingerprint density at radius 2 is 2.50 bits per heavy atom. The highest BCUT2D eigenvalue weighted by Gasteiger charge is 2.16. The van der Waals surface area contributed by atoms with Crippen LogP contribution in [0.4, 0.5) is 0 Å². The molecule has 4 nitrogen and oxygen atoms in total. The molecule has 0 bridgehead atoms. The van der Waals surface area contributed by atoms with Crippen LogP contribution >= 0.6 is 11.3 Å². The van der Waals surface area contributed by atoms with E-state index in [1.165, 1.54) is 11.3 Å². The standard InChI is InChI=1S/C11H14N2O2S/c1-2-9(3-5-14)13-11(15)10-8(7-12)4-6-16-10/h4,6,9,14H,2-3,5H2,1H3,(H,13,15). The number of thiophene rings is 1. The first kappa shape index (κ1) is 12.7. The van der Waals surface area contributed by atoms with Gasteiger partial charge in [-0.05, 0) is 24.3 Å². The molecule has 1 aromatic rings. The van der Waals surface area contributed by atoms with Crippen LogP contribution in [0.5, 0.6) is 0 Å². The highest BCUT2D eigenvalue weighted by Crippen LogP contribution is 2.16. The molecule has 0 spiro atoms. The van der Waals surface area contributed by atoms with Gasteiger partial charge in [-0.2, -0.15) is 5.26 Å². The van der Waals surface area contributed by atoms with E-state index in [-0.39, 0.29) is 18.6 Å². The zero-order valence-electron chi connectivity index (χ0n) is 9.06. The van der Waals surface area contributed by atoms with E-state index in [0.717, 1.165) is 6.42 Å². The monoisotopic (exact) mass is 238 g/mol. The highest BCUT2D eigenvalue weighted by atomic mass is 32.1. The molecule has 1 rings (SSSR count). The lowest BCUT2D eigenvalue weighted by Crippen LogP contribution is -2.34. The molecule has 1 atom stereocenters. The average molecular weight is 238 g/mol. The Hall–Kier alpha value is -1.38. The Morgan fingerprint density at radius 3 is 3.06 bits per heavy atom. The van der Waals surface area contributed by atoms with Crippen LogP contribution in [0.25, 0.3) is 0 Å². The molecular formula is C11H14N2O2S. The fourth-order valence-electron chi connectivity index (χ4n) is 1.36. The summed E-state index contributed by atoms with van der Waals surface area (Å²) in [7, 11) is 0. The van der Waals surface area contributed by atoms with Crippen molar-refractivity contribution in [2.45, 2.75) is 25.8 Å². The van der Waals surface area contributed by atoms with E-state index in [9.17, 15) is 4.79 Å². The van der Waals surface area contributed by atoms with Gasteiger partial charge >= 0.3 is 0 Å². The summed E-state index contributed by atoms with van der Waals surface area (Å²) in [4.78, 5) is 12.2. The van der Waals surface area contributed by atoms with Crippen LogP contribution < -0.4 is 5.32 Å². The van der Waals surface area contributed by atoms with E-state index in [1.807, 2.05) is 13.0 Å². The lowest BCUT2D eigenvalue weighted by atomic mass is 10.1. The molecule has 0 fully saturated rings. The molecule has 0 radical (unpaired) electrons. The van der Waals surface area contributed by atoms with Crippen molar-refractivity contribution < 1.29 is 9.90 Å². The number of aliphatic hydroxyl groups is 1. The minimum Gasteiger partial charge on any atom is -0.396 e. The molecule has 1 aromatic heterocycles. The zero-order chi connectivity index (χ0) is 12.0. The summed E-state index contributed by atoms with van der Waals surface area (Å²) >= 11 is 1.26. The van der Waals surface area contributed by atoms with Gasteiger partial charge in [0.15, 0.2) is 0 Å². The topological polar surface area (TPSA) is 73.1 Å². The second-order valence-electron chi connectivity index (χ2n) is 3.37. The molecule has 1 unspecified atom stereocenters. The molecule has 0 aromatic carbocycles. The van der Waals surface area contributed by atoms with E-state index < -0.39 is 0 Å². The summed E-state index contributed by atoms with van der Waals surface area (Å²) in [6.45, 7) is 1.99. The zero-order valence-corrected chi connectivity index (χ0v) is 9.88. The smallest absolute Gasteiger partial charge is 0.262 e. The Morgan fingerprint density at radius 1 is 1.75 bits per heavy atom. The van der Waals surface area contributed by atoms with Crippen molar-refractivity contribution in [2.75, 3.05) is 6.61 Å².